The van der Waals surface area contributed by atoms with Gasteiger partial charge in [-0.15, -0.1) is 0 Å². The number of aryl methyl sites for hydroxylation is 1. The van der Waals surface area contributed by atoms with Crippen molar-refractivity contribution in [1.82, 2.24) is 0 Å². The summed E-state index contributed by atoms with van der Waals surface area (Å²) in [5.74, 6) is 0. The molecule has 0 aliphatic rings. The maximum atomic E-state index is 8.66. The lowest BCUT2D eigenvalue weighted by molar-refractivity contribution is 0.268. The Morgan fingerprint density at radius 2 is 1.41 bits per heavy atom. The van der Waals surface area contributed by atoms with Crippen LogP contribution in [0, 0.1) is 6.92 Å². The molecule has 0 fully saturated rings. The van der Waals surface area contributed by atoms with Crippen LogP contribution in [-0.2, 0) is 0 Å². The van der Waals surface area contributed by atoms with Gasteiger partial charge in [0, 0.05) is 0 Å². The maximum Gasteiger partial charge on any atom is 0.0624 e. The number of benzene rings is 2. The van der Waals surface area contributed by atoms with Gasteiger partial charge in [-0.25, -0.2) is 0 Å². The van der Waals surface area contributed by atoms with Crippen LogP contribution in [0.25, 0.3) is 0 Å². The van der Waals surface area contributed by atoms with Gasteiger partial charge < -0.3 is 10.8 Å². The fourth-order valence-corrected chi connectivity index (χ4v) is 1.34. The van der Waals surface area contributed by atoms with Gasteiger partial charge in [0.2, 0.25) is 0 Å². The molecule has 2 heteroatoms. The summed E-state index contributed by atoms with van der Waals surface area (Å²) in [4.78, 5) is 0. The lowest BCUT2D eigenvalue weighted by Gasteiger charge is -2.06. The molecule has 0 aromatic heterocycles. The molecule has 0 amide bonds. The average Bonchev–Trinajstić information content (AvgIpc) is 2.40. The van der Waals surface area contributed by atoms with Crippen molar-refractivity contribution in [2.75, 3.05) is 6.61 Å². The first-order valence-corrected chi connectivity index (χ1v) is 5.67. The summed E-state index contributed by atoms with van der Waals surface area (Å²) in [6.07, 6.45) is 0. The number of aliphatic hydroxyl groups is 1. The predicted molar refractivity (Wildman–Crippen MR) is 71.6 cm³/mol. The van der Waals surface area contributed by atoms with Gasteiger partial charge in [0.15, 0.2) is 0 Å². The lowest BCUT2D eigenvalue weighted by Crippen LogP contribution is -2.13. The van der Waals surface area contributed by atoms with Crippen molar-refractivity contribution >= 4 is 0 Å². The molecule has 1 atom stereocenters. The van der Waals surface area contributed by atoms with E-state index in [4.69, 9.17) is 10.8 Å². The molecule has 0 aliphatic heterocycles. The smallest absolute Gasteiger partial charge is 0.0624 e. The monoisotopic (exact) mass is 229 g/mol. The summed E-state index contributed by atoms with van der Waals surface area (Å²) in [7, 11) is 0. The van der Waals surface area contributed by atoms with E-state index in [2.05, 4.69) is 19.1 Å². The van der Waals surface area contributed by atoms with Crippen molar-refractivity contribution in [2.45, 2.75) is 13.0 Å². The zero-order chi connectivity index (χ0) is 12.5. The molecule has 0 bridgehead atoms. The number of nitrogens with two attached hydrogens (primary N) is 1. The van der Waals surface area contributed by atoms with Crippen molar-refractivity contribution in [3.8, 4) is 0 Å². The van der Waals surface area contributed by atoms with Crippen molar-refractivity contribution in [2.24, 2.45) is 5.73 Å². The Balaban J connectivity index is 0.000000181. The second-order valence-electron chi connectivity index (χ2n) is 3.85. The minimum atomic E-state index is -0.235. The molecule has 0 aliphatic carbocycles. The van der Waals surface area contributed by atoms with Crippen molar-refractivity contribution in [3.63, 3.8) is 0 Å². The highest BCUT2D eigenvalue weighted by Crippen LogP contribution is 2.07. The second kappa shape index (κ2) is 7.60. The van der Waals surface area contributed by atoms with E-state index in [0.717, 1.165) is 5.56 Å². The zero-order valence-corrected chi connectivity index (χ0v) is 10.1. The van der Waals surface area contributed by atoms with Crippen LogP contribution in [0.4, 0.5) is 0 Å². The Bertz CT molecular complexity index is 400. The first kappa shape index (κ1) is 13.4. The number of hydrogen-bond donors (Lipinski definition) is 2. The second-order valence-corrected chi connectivity index (χ2v) is 3.85. The Kier molecular flexibility index (Phi) is 6.00. The Morgan fingerprint density at radius 3 is 1.76 bits per heavy atom. The highest BCUT2D eigenvalue weighted by Gasteiger charge is 2.00. The van der Waals surface area contributed by atoms with Crippen LogP contribution in [0.1, 0.15) is 17.2 Å². The highest BCUT2D eigenvalue weighted by atomic mass is 16.3. The molecule has 0 saturated carbocycles. The molecule has 2 nitrogen and oxygen atoms in total. The third-order valence-corrected chi connectivity index (χ3v) is 2.36. The van der Waals surface area contributed by atoms with E-state index in [1.807, 2.05) is 48.5 Å². The normalized spacial score (nSPS) is 11.2. The van der Waals surface area contributed by atoms with E-state index < -0.39 is 0 Å². The Morgan fingerprint density at radius 1 is 0.941 bits per heavy atom. The van der Waals surface area contributed by atoms with Crippen molar-refractivity contribution < 1.29 is 5.11 Å². The summed E-state index contributed by atoms with van der Waals surface area (Å²) in [5, 5.41) is 8.66. The third-order valence-electron chi connectivity index (χ3n) is 2.36. The van der Waals surface area contributed by atoms with Gasteiger partial charge in [0.1, 0.15) is 0 Å². The summed E-state index contributed by atoms with van der Waals surface area (Å²) in [6, 6.07) is 19.6. The van der Waals surface area contributed by atoms with E-state index in [9.17, 15) is 0 Å². The number of rotatable bonds is 2. The van der Waals surface area contributed by atoms with Crippen LogP contribution in [-0.4, -0.2) is 11.7 Å². The minimum Gasteiger partial charge on any atom is -0.394 e. The number of aliphatic hydroxyl groups excluding tert-OH is 1. The fraction of sp³-hybridized carbons (Fsp3) is 0.200. The summed E-state index contributed by atoms with van der Waals surface area (Å²) < 4.78 is 0. The standard InChI is InChI=1S/C8H11NO.C7H8/c9-8(6-10)7-4-2-1-3-5-7;1-7-5-3-2-4-6-7/h1-5,8,10H,6,9H2;2-6H,1H3/t8-;/m1./s1. The predicted octanol–water partition coefficient (Wildman–Crippen LogP) is 2.67. The molecule has 2 aromatic rings. The van der Waals surface area contributed by atoms with Gasteiger partial charge in [0.25, 0.3) is 0 Å². The van der Waals surface area contributed by atoms with Crippen LogP contribution in [0.2, 0.25) is 0 Å². The van der Waals surface area contributed by atoms with Crippen LogP contribution in [0.3, 0.4) is 0 Å². The summed E-state index contributed by atoms with van der Waals surface area (Å²) in [5.41, 5.74) is 7.84. The van der Waals surface area contributed by atoms with Gasteiger partial charge in [-0.1, -0.05) is 66.2 Å². The topological polar surface area (TPSA) is 46.2 Å². The highest BCUT2D eigenvalue weighted by molar-refractivity contribution is 5.18. The Labute approximate surface area is 103 Å². The molecule has 0 unspecified atom stereocenters. The van der Waals surface area contributed by atoms with Gasteiger partial charge >= 0.3 is 0 Å². The number of hydrogen-bond acceptors (Lipinski definition) is 2. The van der Waals surface area contributed by atoms with Crippen LogP contribution in [0.15, 0.2) is 60.7 Å². The van der Waals surface area contributed by atoms with Crippen LogP contribution in [0.5, 0.6) is 0 Å². The molecule has 0 saturated heterocycles. The molecular weight excluding hydrogens is 210 g/mol. The average molecular weight is 229 g/mol. The first-order chi connectivity index (χ1) is 8.24. The van der Waals surface area contributed by atoms with Crippen molar-refractivity contribution in [1.29, 1.82) is 0 Å². The quantitative estimate of drug-likeness (QED) is 0.831. The van der Waals surface area contributed by atoms with Crippen molar-refractivity contribution in [3.05, 3.63) is 71.8 Å². The molecule has 0 radical (unpaired) electrons. The van der Waals surface area contributed by atoms with E-state index in [1.54, 1.807) is 0 Å². The summed E-state index contributed by atoms with van der Waals surface area (Å²) in [6.45, 7) is 2.09. The van der Waals surface area contributed by atoms with Gasteiger partial charge in [-0.3, -0.25) is 0 Å². The van der Waals surface area contributed by atoms with Gasteiger partial charge in [-0.05, 0) is 12.5 Å². The SMILES string of the molecule is Cc1ccccc1.N[C@H](CO)c1ccccc1. The van der Waals surface area contributed by atoms with Crippen LogP contribution >= 0.6 is 0 Å². The van der Waals surface area contributed by atoms with E-state index in [1.165, 1.54) is 5.56 Å². The molecule has 3 N–H and O–H groups in total. The molecule has 2 rings (SSSR count). The third kappa shape index (κ3) is 5.29. The van der Waals surface area contributed by atoms with E-state index in [0.29, 0.717) is 0 Å². The van der Waals surface area contributed by atoms with E-state index in [-0.39, 0.29) is 12.6 Å². The first-order valence-electron chi connectivity index (χ1n) is 5.67. The van der Waals surface area contributed by atoms with E-state index >= 15 is 0 Å². The molecule has 2 aromatic carbocycles. The molecule has 17 heavy (non-hydrogen) atoms. The van der Waals surface area contributed by atoms with Gasteiger partial charge in [0.05, 0.1) is 12.6 Å². The molecule has 0 heterocycles. The molecule has 0 spiro atoms. The molecule has 90 valence electrons. The fourth-order valence-electron chi connectivity index (χ4n) is 1.34. The Hall–Kier alpha value is -1.64. The maximum absolute atomic E-state index is 8.66. The largest absolute Gasteiger partial charge is 0.394 e. The lowest BCUT2D eigenvalue weighted by atomic mass is 10.1. The van der Waals surface area contributed by atoms with Crippen LogP contribution < -0.4 is 5.73 Å². The summed E-state index contributed by atoms with van der Waals surface area (Å²) >= 11 is 0. The van der Waals surface area contributed by atoms with Gasteiger partial charge in [-0.2, -0.15) is 0 Å². The molecular formula is C15H19NO. The zero-order valence-electron chi connectivity index (χ0n) is 10.1. The minimum absolute atomic E-state index is 0.00398.